The van der Waals surface area contributed by atoms with Gasteiger partial charge in [-0.25, -0.2) is 0 Å². The molecule has 1 unspecified atom stereocenters. The van der Waals surface area contributed by atoms with Crippen LogP contribution in [0.3, 0.4) is 0 Å². The highest BCUT2D eigenvalue weighted by molar-refractivity contribution is 5.82. The van der Waals surface area contributed by atoms with E-state index in [0.717, 1.165) is 25.8 Å². The van der Waals surface area contributed by atoms with E-state index in [1.807, 2.05) is 0 Å². The number of aliphatic imine (C=N–C) groups is 1. The molecule has 0 aromatic rings. The Morgan fingerprint density at radius 3 is 3.07 bits per heavy atom. The first-order valence-electron chi connectivity index (χ1n) is 5.73. The van der Waals surface area contributed by atoms with E-state index in [4.69, 9.17) is 5.11 Å². The van der Waals surface area contributed by atoms with Gasteiger partial charge in [0.2, 0.25) is 0 Å². The maximum Gasteiger partial charge on any atom is 0.0965 e. The van der Waals surface area contributed by atoms with Gasteiger partial charge < -0.3 is 10.4 Å². The van der Waals surface area contributed by atoms with Crippen molar-refractivity contribution in [3.63, 3.8) is 0 Å². The Kier molecular flexibility index (Phi) is 5.60. The second kappa shape index (κ2) is 6.82. The van der Waals surface area contributed by atoms with Crippen LogP contribution in [0.15, 0.2) is 4.99 Å². The summed E-state index contributed by atoms with van der Waals surface area (Å²) in [5, 5.41) is 12.1. The third kappa shape index (κ3) is 4.61. The Hall–Kier alpha value is -0.570. The van der Waals surface area contributed by atoms with Crippen molar-refractivity contribution in [2.75, 3.05) is 13.2 Å². The predicted molar refractivity (Wildman–Crippen MR) is 59.7 cm³/mol. The van der Waals surface area contributed by atoms with Gasteiger partial charge in [0.05, 0.1) is 5.84 Å². The Morgan fingerprint density at radius 1 is 1.43 bits per heavy atom. The number of rotatable bonds is 4. The maximum atomic E-state index is 8.71. The average Bonchev–Trinajstić information content (AvgIpc) is 2.43. The standard InChI is InChI=1S/C11H22N2O/c1-10(6-5-9-14)13-11-7-3-2-4-8-12-11/h10,14H,2-9H2,1H3,(H,12,13). The molecule has 0 radical (unpaired) electrons. The summed E-state index contributed by atoms with van der Waals surface area (Å²) in [6, 6.07) is 0.444. The van der Waals surface area contributed by atoms with Gasteiger partial charge >= 0.3 is 0 Å². The van der Waals surface area contributed by atoms with Gasteiger partial charge in [-0.15, -0.1) is 0 Å². The first-order valence-corrected chi connectivity index (χ1v) is 5.73. The average molecular weight is 198 g/mol. The molecule has 0 saturated heterocycles. The van der Waals surface area contributed by atoms with E-state index in [2.05, 4.69) is 17.2 Å². The fourth-order valence-corrected chi connectivity index (χ4v) is 1.75. The van der Waals surface area contributed by atoms with E-state index in [-0.39, 0.29) is 0 Å². The predicted octanol–water partition coefficient (Wildman–Crippen LogP) is 1.71. The molecule has 3 nitrogen and oxygen atoms in total. The van der Waals surface area contributed by atoms with Crippen molar-refractivity contribution in [1.29, 1.82) is 0 Å². The molecule has 1 aliphatic rings. The number of nitrogens with one attached hydrogen (secondary N) is 1. The highest BCUT2D eigenvalue weighted by atomic mass is 16.2. The lowest BCUT2D eigenvalue weighted by Gasteiger charge is -2.15. The highest BCUT2D eigenvalue weighted by Crippen LogP contribution is 2.07. The summed E-state index contributed by atoms with van der Waals surface area (Å²) in [6.45, 7) is 3.43. The van der Waals surface area contributed by atoms with Gasteiger partial charge in [-0.3, -0.25) is 4.99 Å². The number of nitrogens with zero attached hydrogens (tertiary/aromatic N) is 1. The van der Waals surface area contributed by atoms with E-state index in [0.29, 0.717) is 12.6 Å². The van der Waals surface area contributed by atoms with Crippen molar-refractivity contribution in [1.82, 2.24) is 5.32 Å². The third-order valence-electron chi connectivity index (χ3n) is 2.58. The van der Waals surface area contributed by atoms with Crippen LogP contribution in [0.1, 0.15) is 45.4 Å². The zero-order valence-corrected chi connectivity index (χ0v) is 9.13. The lowest BCUT2D eigenvalue weighted by atomic mass is 10.1. The largest absolute Gasteiger partial charge is 0.396 e. The van der Waals surface area contributed by atoms with Gasteiger partial charge in [0, 0.05) is 25.6 Å². The molecule has 0 bridgehead atoms. The zero-order valence-electron chi connectivity index (χ0n) is 9.13. The third-order valence-corrected chi connectivity index (χ3v) is 2.58. The van der Waals surface area contributed by atoms with Gasteiger partial charge in [-0.05, 0) is 32.6 Å². The minimum Gasteiger partial charge on any atom is -0.396 e. The Balaban J connectivity index is 2.23. The molecule has 0 saturated carbocycles. The van der Waals surface area contributed by atoms with Gasteiger partial charge in [-0.2, -0.15) is 0 Å². The molecule has 3 heteroatoms. The molecule has 2 N–H and O–H groups in total. The van der Waals surface area contributed by atoms with Gasteiger partial charge in [-0.1, -0.05) is 6.42 Å². The highest BCUT2D eigenvalue weighted by Gasteiger charge is 2.07. The molecule has 0 aromatic carbocycles. The van der Waals surface area contributed by atoms with E-state index < -0.39 is 0 Å². The molecule has 1 heterocycles. The van der Waals surface area contributed by atoms with Crippen LogP contribution in [0.5, 0.6) is 0 Å². The number of hydrogen-bond donors (Lipinski definition) is 2. The molecule has 0 fully saturated rings. The summed E-state index contributed by atoms with van der Waals surface area (Å²) >= 11 is 0. The van der Waals surface area contributed by atoms with E-state index in [1.54, 1.807) is 0 Å². The number of amidine groups is 1. The van der Waals surface area contributed by atoms with Gasteiger partial charge in [0.25, 0.3) is 0 Å². The SMILES string of the molecule is CC(CCCO)NC1=NCCCCC1. The Bertz CT molecular complexity index is 180. The van der Waals surface area contributed by atoms with Crippen LogP contribution >= 0.6 is 0 Å². The zero-order chi connectivity index (χ0) is 10.2. The van der Waals surface area contributed by atoms with Crippen molar-refractivity contribution in [3.8, 4) is 0 Å². The smallest absolute Gasteiger partial charge is 0.0965 e. The fourth-order valence-electron chi connectivity index (χ4n) is 1.75. The molecule has 0 aliphatic carbocycles. The number of hydrogen-bond acceptors (Lipinski definition) is 3. The molecule has 0 aromatic heterocycles. The molecule has 82 valence electrons. The molecule has 14 heavy (non-hydrogen) atoms. The summed E-state index contributed by atoms with van der Waals surface area (Å²) in [7, 11) is 0. The van der Waals surface area contributed by atoms with Crippen LogP contribution in [0.4, 0.5) is 0 Å². The van der Waals surface area contributed by atoms with Crippen LogP contribution in [0.25, 0.3) is 0 Å². The fraction of sp³-hybridized carbons (Fsp3) is 0.909. The molecule has 1 atom stereocenters. The summed E-state index contributed by atoms with van der Waals surface area (Å²) in [6.07, 6.45) is 6.80. The van der Waals surface area contributed by atoms with Crippen molar-refractivity contribution >= 4 is 5.84 Å². The van der Waals surface area contributed by atoms with E-state index >= 15 is 0 Å². The summed E-state index contributed by atoms with van der Waals surface area (Å²) in [5.41, 5.74) is 0. The summed E-state index contributed by atoms with van der Waals surface area (Å²) < 4.78 is 0. The lowest BCUT2D eigenvalue weighted by molar-refractivity contribution is 0.279. The van der Waals surface area contributed by atoms with Crippen LogP contribution < -0.4 is 5.32 Å². The van der Waals surface area contributed by atoms with E-state index in [9.17, 15) is 0 Å². The summed E-state index contributed by atoms with van der Waals surface area (Å²) in [5.74, 6) is 1.17. The van der Waals surface area contributed by atoms with Crippen LogP contribution in [-0.2, 0) is 0 Å². The maximum absolute atomic E-state index is 8.71. The first kappa shape index (κ1) is 11.5. The quantitative estimate of drug-likeness (QED) is 0.722. The lowest BCUT2D eigenvalue weighted by Crippen LogP contribution is -2.32. The number of aliphatic hydroxyl groups is 1. The van der Waals surface area contributed by atoms with E-state index in [1.165, 1.54) is 25.1 Å². The Labute approximate surface area is 86.6 Å². The van der Waals surface area contributed by atoms with Crippen molar-refractivity contribution in [3.05, 3.63) is 0 Å². The van der Waals surface area contributed by atoms with Crippen molar-refractivity contribution < 1.29 is 5.11 Å². The summed E-state index contributed by atoms with van der Waals surface area (Å²) in [4.78, 5) is 4.51. The monoisotopic (exact) mass is 198 g/mol. The van der Waals surface area contributed by atoms with Crippen molar-refractivity contribution in [2.45, 2.75) is 51.5 Å². The first-order chi connectivity index (χ1) is 6.83. The second-order valence-electron chi connectivity index (χ2n) is 4.05. The molecule has 0 spiro atoms. The Morgan fingerprint density at radius 2 is 2.29 bits per heavy atom. The normalized spacial score (nSPS) is 19.7. The minimum atomic E-state index is 0.290. The van der Waals surface area contributed by atoms with Crippen molar-refractivity contribution in [2.24, 2.45) is 4.99 Å². The topological polar surface area (TPSA) is 44.6 Å². The van der Waals surface area contributed by atoms with Gasteiger partial charge in [0.15, 0.2) is 0 Å². The molecular formula is C11H22N2O. The minimum absolute atomic E-state index is 0.290. The van der Waals surface area contributed by atoms with Crippen LogP contribution in [0.2, 0.25) is 0 Å². The molecule has 0 amide bonds. The molecule has 1 rings (SSSR count). The second-order valence-corrected chi connectivity index (χ2v) is 4.05. The van der Waals surface area contributed by atoms with Crippen LogP contribution in [0, 0.1) is 0 Å². The molecular weight excluding hydrogens is 176 g/mol. The molecule has 1 aliphatic heterocycles. The number of aliphatic hydroxyl groups excluding tert-OH is 1. The van der Waals surface area contributed by atoms with Crippen LogP contribution in [-0.4, -0.2) is 30.1 Å². The van der Waals surface area contributed by atoms with Gasteiger partial charge in [0.1, 0.15) is 0 Å².